The lowest BCUT2D eigenvalue weighted by atomic mass is 9.45. The molecule has 0 aromatic rings. The van der Waals surface area contributed by atoms with E-state index >= 15 is 0 Å². The van der Waals surface area contributed by atoms with Crippen LogP contribution in [0.3, 0.4) is 0 Å². The van der Waals surface area contributed by atoms with Crippen LogP contribution in [0.2, 0.25) is 0 Å². The number of carbonyl (C=O) groups excluding carboxylic acids is 1. The van der Waals surface area contributed by atoms with Crippen molar-refractivity contribution in [3.63, 3.8) is 0 Å². The van der Waals surface area contributed by atoms with Crippen molar-refractivity contribution in [2.75, 3.05) is 6.61 Å². The van der Waals surface area contributed by atoms with Crippen LogP contribution >= 0.6 is 0 Å². The van der Waals surface area contributed by atoms with Gasteiger partial charge in [0.05, 0.1) is 12.7 Å². The normalized spacial score (nSPS) is 46.1. The second kappa shape index (κ2) is 5.99. The molecule has 4 N–H and O–H groups in total. The third-order valence-corrected chi connectivity index (χ3v) is 6.86. The minimum Gasteiger partial charge on any atom is -0.394 e. The molecule has 0 spiro atoms. The molecule has 4 rings (SSSR count). The van der Waals surface area contributed by atoms with E-state index in [0.717, 1.165) is 6.42 Å². The molecule has 4 aliphatic rings. The molecule has 1 amide bonds. The first-order chi connectivity index (χ1) is 10.8. The van der Waals surface area contributed by atoms with Crippen molar-refractivity contribution in [2.24, 2.45) is 29.1 Å². The van der Waals surface area contributed by atoms with Crippen LogP contribution in [0.1, 0.15) is 40.5 Å². The topological polar surface area (TPSA) is 90.8 Å². The summed E-state index contributed by atoms with van der Waals surface area (Å²) in [6.07, 6.45) is 1.01. The second-order valence-corrected chi connectivity index (χ2v) is 8.32. The minimum atomic E-state index is -0.728. The smallest absolute Gasteiger partial charge is 0.240 e. The fourth-order valence-corrected chi connectivity index (χ4v) is 5.12. The molecule has 0 aromatic heterocycles. The Morgan fingerprint density at radius 3 is 2.65 bits per heavy atom. The summed E-state index contributed by atoms with van der Waals surface area (Å²) in [6.45, 7) is 8.31. The number of amides is 1. The zero-order chi connectivity index (χ0) is 16.9. The molecule has 4 fully saturated rings. The molecule has 1 unspecified atom stereocenters. The van der Waals surface area contributed by atoms with E-state index in [1.165, 1.54) is 6.42 Å². The van der Waals surface area contributed by atoms with E-state index in [1.54, 1.807) is 6.92 Å². The van der Waals surface area contributed by atoms with Crippen molar-refractivity contribution in [1.29, 1.82) is 0 Å². The van der Waals surface area contributed by atoms with E-state index < -0.39 is 24.2 Å². The first kappa shape index (κ1) is 17.1. The number of hydrogen-bond donors (Lipinski definition) is 4. The van der Waals surface area contributed by atoms with Crippen LogP contribution in [0.5, 0.6) is 0 Å². The van der Waals surface area contributed by atoms with Gasteiger partial charge >= 0.3 is 0 Å². The average molecular weight is 326 g/mol. The summed E-state index contributed by atoms with van der Waals surface area (Å²) in [5, 5.41) is 22.4. The highest BCUT2D eigenvalue weighted by molar-refractivity contribution is 5.82. The third-order valence-electron chi connectivity index (χ3n) is 6.86. The van der Waals surface area contributed by atoms with Crippen molar-refractivity contribution >= 4 is 5.91 Å². The van der Waals surface area contributed by atoms with Gasteiger partial charge in [0.25, 0.3) is 0 Å². The summed E-state index contributed by atoms with van der Waals surface area (Å²) in [5.41, 5.74) is 3.09. The number of carbonyl (C=O) groups is 1. The number of aliphatic hydroxyl groups is 2. The molecule has 1 heterocycles. The summed E-state index contributed by atoms with van der Waals surface area (Å²) in [7, 11) is 0. The van der Waals surface area contributed by atoms with Crippen LogP contribution in [0.25, 0.3) is 0 Å². The van der Waals surface area contributed by atoms with E-state index in [-0.39, 0.29) is 18.6 Å². The monoisotopic (exact) mass is 326 g/mol. The number of hydrogen-bond acceptors (Lipinski definition) is 5. The minimum absolute atomic E-state index is 0.136. The maximum atomic E-state index is 12.7. The molecule has 132 valence electrons. The Morgan fingerprint density at radius 2 is 2.13 bits per heavy atom. The molecule has 8 atom stereocenters. The number of aliphatic hydroxyl groups excluding tert-OH is 2. The maximum Gasteiger partial charge on any atom is 0.240 e. The molecule has 3 aliphatic carbocycles. The average Bonchev–Trinajstić information content (AvgIpc) is 2.92. The van der Waals surface area contributed by atoms with Crippen LogP contribution in [-0.4, -0.2) is 47.0 Å². The van der Waals surface area contributed by atoms with Gasteiger partial charge in [-0.25, -0.2) is 0 Å². The Kier molecular flexibility index (Phi) is 4.46. The van der Waals surface area contributed by atoms with E-state index in [1.807, 2.05) is 0 Å². The molecule has 2 bridgehead atoms. The Bertz CT molecular complexity index is 468. The highest BCUT2D eigenvalue weighted by Crippen LogP contribution is 2.61. The van der Waals surface area contributed by atoms with Gasteiger partial charge in [-0.05, 0) is 42.9 Å². The molecule has 3 saturated carbocycles. The quantitative estimate of drug-likeness (QED) is 0.602. The van der Waals surface area contributed by atoms with Gasteiger partial charge in [-0.15, -0.1) is 0 Å². The zero-order valence-electron chi connectivity index (χ0n) is 14.5. The molecule has 0 aromatic carbocycles. The predicted molar refractivity (Wildman–Crippen MR) is 85.1 cm³/mol. The van der Waals surface area contributed by atoms with Crippen molar-refractivity contribution in [3.8, 4) is 0 Å². The van der Waals surface area contributed by atoms with Crippen LogP contribution in [-0.2, 0) is 9.63 Å². The SMILES string of the molecule is CC1[C@@H](NC(=O)[C@H]2NO[C@@H](CO)[C@H]2[C@H](C)O)C[C@H]2C[C@@H]1C2(C)C. The van der Waals surface area contributed by atoms with Crippen LogP contribution in [0, 0.1) is 29.1 Å². The third kappa shape index (κ3) is 2.69. The van der Waals surface area contributed by atoms with Crippen molar-refractivity contribution < 1.29 is 19.8 Å². The van der Waals surface area contributed by atoms with Gasteiger partial charge in [-0.3, -0.25) is 9.63 Å². The molecular formula is C17H30N2O4. The number of hydroxylamine groups is 1. The van der Waals surface area contributed by atoms with Gasteiger partial charge in [0.1, 0.15) is 12.1 Å². The molecule has 6 nitrogen and oxygen atoms in total. The Morgan fingerprint density at radius 1 is 1.43 bits per heavy atom. The van der Waals surface area contributed by atoms with Gasteiger partial charge in [-0.1, -0.05) is 20.8 Å². The molecule has 23 heavy (non-hydrogen) atoms. The fraction of sp³-hybridized carbons (Fsp3) is 0.941. The largest absolute Gasteiger partial charge is 0.394 e. The summed E-state index contributed by atoms with van der Waals surface area (Å²) < 4.78 is 0. The maximum absolute atomic E-state index is 12.7. The van der Waals surface area contributed by atoms with E-state index in [4.69, 9.17) is 4.84 Å². The zero-order valence-corrected chi connectivity index (χ0v) is 14.5. The van der Waals surface area contributed by atoms with E-state index in [0.29, 0.717) is 23.2 Å². The van der Waals surface area contributed by atoms with Gasteiger partial charge < -0.3 is 15.5 Å². The molecule has 0 radical (unpaired) electrons. The van der Waals surface area contributed by atoms with E-state index in [9.17, 15) is 15.0 Å². The molecule has 6 heteroatoms. The summed E-state index contributed by atoms with van der Waals surface area (Å²) in [4.78, 5) is 17.9. The van der Waals surface area contributed by atoms with Gasteiger partial charge in [0.2, 0.25) is 5.91 Å². The van der Waals surface area contributed by atoms with Gasteiger partial charge in [0, 0.05) is 12.0 Å². The highest BCUT2D eigenvalue weighted by atomic mass is 16.7. The van der Waals surface area contributed by atoms with E-state index in [2.05, 4.69) is 31.6 Å². The van der Waals surface area contributed by atoms with Crippen molar-refractivity contribution in [2.45, 2.75) is 64.8 Å². The fourth-order valence-electron chi connectivity index (χ4n) is 5.12. The van der Waals surface area contributed by atoms with Crippen LogP contribution in [0.4, 0.5) is 0 Å². The molecular weight excluding hydrogens is 296 g/mol. The number of fused-ring (bicyclic) bond motifs is 2. The van der Waals surface area contributed by atoms with Crippen molar-refractivity contribution in [1.82, 2.24) is 10.8 Å². The Hall–Kier alpha value is -0.690. The Balaban J connectivity index is 1.64. The van der Waals surface area contributed by atoms with Gasteiger partial charge in [0.15, 0.2) is 0 Å². The predicted octanol–water partition coefficient (Wildman–Crippen LogP) is 0.435. The number of rotatable bonds is 4. The lowest BCUT2D eigenvalue weighted by Gasteiger charge is -2.62. The Labute approximate surface area is 137 Å². The first-order valence-corrected chi connectivity index (χ1v) is 8.77. The van der Waals surface area contributed by atoms with Crippen LogP contribution < -0.4 is 10.8 Å². The lowest BCUT2D eigenvalue weighted by Crippen LogP contribution is -2.62. The highest BCUT2D eigenvalue weighted by Gasteiger charge is 2.56. The number of nitrogens with one attached hydrogen (secondary N) is 2. The van der Waals surface area contributed by atoms with Crippen molar-refractivity contribution in [3.05, 3.63) is 0 Å². The standard InChI is InChI=1S/C17H30N2O4/c1-8-11-5-10(17(11,3)4)6-12(8)18-16(22)15-14(9(2)21)13(7-20)23-19-15/h8-15,19-21H,5-7H2,1-4H3,(H,18,22)/t8?,9-,10+,11-,12-,13-,14+,15-/m0/s1. The molecule has 1 aliphatic heterocycles. The summed E-state index contributed by atoms with van der Waals surface area (Å²) in [6, 6.07) is -0.436. The van der Waals surface area contributed by atoms with Gasteiger partial charge in [-0.2, -0.15) is 5.48 Å². The summed E-state index contributed by atoms with van der Waals surface area (Å²) in [5.74, 6) is 1.23. The second-order valence-electron chi connectivity index (χ2n) is 8.32. The first-order valence-electron chi connectivity index (χ1n) is 8.77. The molecule has 1 saturated heterocycles. The summed E-state index contributed by atoms with van der Waals surface area (Å²) >= 11 is 0. The lowest BCUT2D eigenvalue weighted by molar-refractivity contribution is -0.137. The van der Waals surface area contributed by atoms with Crippen LogP contribution in [0.15, 0.2) is 0 Å².